The van der Waals surface area contributed by atoms with Crippen molar-refractivity contribution in [2.45, 2.75) is 257 Å². The van der Waals surface area contributed by atoms with E-state index in [-0.39, 0.29) is 0 Å². The summed E-state index contributed by atoms with van der Waals surface area (Å²) in [7, 11) is 0. The zero-order valence-electron chi connectivity index (χ0n) is 75.4. The molecule has 24 atom stereocenters. The molecule has 24 unspecified atom stereocenters. The summed E-state index contributed by atoms with van der Waals surface area (Å²) in [5.41, 5.74) is 40.3. The van der Waals surface area contributed by atoms with Crippen LogP contribution in [0.4, 0.5) is 0 Å². The van der Waals surface area contributed by atoms with Gasteiger partial charge in [0, 0.05) is 10.0 Å². The van der Waals surface area contributed by atoms with Crippen LogP contribution in [0.25, 0.3) is 55.7 Å². The first-order valence-electron chi connectivity index (χ1n) is 52.6. The molecule has 18 aliphatic carbocycles. The molecule has 9 aromatic rings. The Balaban J connectivity index is 0.675. The van der Waals surface area contributed by atoms with E-state index in [0.29, 0.717) is 5.92 Å². The average Bonchev–Trinajstić information content (AvgIpc) is 1.41. The Morgan fingerprint density at radius 1 is 0.264 bits per heavy atom. The number of allylic oxidation sites excluding steroid dienone is 2. The van der Waals surface area contributed by atoms with Gasteiger partial charge in [-0.05, 0) is 431 Å². The summed E-state index contributed by atoms with van der Waals surface area (Å²) in [5, 5.41) is 0. The molecule has 2 heteroatoms. The van der Waals surface area contributed by atoms with Crippen molar-refractivity contribution in [3.63, 3.8) is 0 Å². The standard InChI is InChI=1S/C123H133BrO/c1-5-9-13-17-21-25-29-68-33-42-73(43-34-68)122(74-44-35-69(36-45-74)30-26-22-18-14-10-6-2)98-63-84-78-51-41-72(67-125)57-90(78)102(94-61-96-104(94)112-110(96)118-114-106-80-53-55-82(80)108(106)116(114)120(112)118)92(84)59-86(98)88-65-101-89(66-100(88)122)87-60-93-85(79-52-50-77(124)58-91(79)103(93)95-62-97-105(95)113-111(97)119-115-107-81-54-56-83(81)109(107)117(115)121(113)119)64-99(87)123(101,75-46-37-70(38-47-75)31-27-23-19-15-11-7-3)76-48-39-71(40-49-76)32-28-24-20-16-12-8-4/h33-52,57-60,63-67,80-83,96-97,104-121H,5-32,53-56,61-62H2,1-4H3/b102-94-,103-95-. The molecule has 0 aliphatic heterocycles. The quantitative estimate of drug-likeness (QED) is 0.0228. The molecule has 0 spiro atoms. The maximum Gasteiger partial charge on any atom is 0.150 e. The smallest absolute Gasteiger partial charge is 0.150 e. The zero-order chi connectivity index (χ0) is 82.7. The minimum absolute atomic E-state index is 0.668. The van der Waals surface area contributed by atoms with Crippen LogP contribution in [0.1, 0.15) is 320 Å². The van der Waals surface area contributed by atoms with Gasteiger partial charge in [-0.3, -0.25) is 4.79 Å². The number of unbranched alkanes of at least 4 members (excludes halogenated alkanes) is 20. The highest BCUT2D eigenvalue weighted by molar-refractivity contribution is 9.10. The first kappa shape index (κ1) is 77.5. The van der Waals surface area contributed by atoms with Crippen LogP contribution >= 0.6 is 15.9 Å². The third-order valence-corrected chi connectivity index (χ3v) is 41.5. The van der Waals surface area contributed by atoms with Gasteiger partial charge in [-0.15, -0.1) is 0 Å². The van der Waals surface area contributed by atoms with Crippen molar-refractivity contribution in [1.82, 2.24) is 0 Å². The molecule has 0 aromatic heterocycles. The lowest BCUT2D eigenvalue weighted by Gasteiger charge is -2.91. The fourth-order valence-electron chi connectivity index (χ4n) is 35.5. The number of halogens is 1. The summed E-state index contributed by atoms with van der Waals surface area (Å²) in [6.07, 6.45) is 45.6. The molecule has 0 radical (unpaired) electrons. The first-order valence-corrected chi connectivity index (χ1v) is 53.4. The van der Waals surface area contributed by atoms with Crippen molar-refractivity contribution in [3.05, 3.63) is 280 Å². The Hall–Kier alpha value is -7.39. The van der Waals surface area contributed by atoms with Crippen LogP contribution in [-0.4, -0.2) is 6.29 Å². The number of carbonyl (C=O) groups is 1. The molecule has 0 heterocycles. The zero-order valence-corrected chi connectivity index (χ0v) is 77.0. The average molecular weight is 1710 g/mol. The molecular formula is C123H133BrO. The Kier molecular flexibility index (Phi) is 18.3. The number of hydrogen-bond acceptors (Lipinski definition) is 1. The summed E-state index contributed by atoms with van der Waals surface area (Å²) in [6.45, 7) is 9.39. The normalized spacial score (nSPS) is 34.2. The van der Waals surface area contributed by atoms with E-state index in [0.717, 1.165) is 174 Å². The molecule has 9 aromatic carbocycles. The van der Waals surface area contributed by atoms with E-state index < -0.39 is 10.8 Å². The van der Waals surface area contributed by atoms with Gasteiger partial charge in [0.05, 0.1) is 10.8 Å². The van der Waals surface area contributed by atoms with E-state index in [2.05, 4.69) is 213 Å². The van der Waals surface area contributed by atoms with Crippen molar-refractivity contribution in [3.8, 4) is 44.5 Å². The van der Waals surface area contributed by atoms with Crippen LogP contribution in [0.3, 0.4) is 0 Å². The topological polar surface area (TPSA) is 17.1 Å². The van der Waals surface area contributed by atoms with Crippen molar-refractivity contribution in [2.75, 3.05) is 0 Å². The minimum Gasteiger partial charge on any atom is -0.298 e. The Morgan fingerprint density at radius 2 is 0.544 bits per heavy atom. The lowest BCUT2D eigenvalue weighted by molar-refractivity contribution is -0.434. The Bertz CT molecular complexity index is 5800. The third-order valence-electron chi connectivity index (χ3n) is 41.0. The van der Waals surface area contributed by atoms with Crippen molar-refractivity contribution >= 4 is 33.4 Å². The fourth-order valence-corrected chi connectivity index (χ4v) is 35.9. The van der Waals surface area contributed by atoms with Crippen LogP contribution in [0, 0.1) is 142 Å². The lowest BCUT2D eigenvalue weighted by atomic mass is 9.13. The van der Waals surface area contributed by atoms with Crippen molar-refractivity contribution < 1.29 is 4.79 Å². The van der Waals surface area contributed by atoms with Gasteiger partial charge in [0.1, 0.15) is 6.29 Å². The SMILES string of the molecule is CCCCCCCCc1ccc(C2(c3ccc(CCCCCCCC)cc3)c3cc4c(cc3-c3cc5c(cc32)-c2cc3c(cc2C5(c2ccc(CCCCCCCC)cc2)c2ccc(CCCCCCCC)cc2)-c2ccc(Br)cc2/C3=C2\CC3C2C2C3C3C5C6C7CCC7C6C5C23)/C(=C2/CC3C2C2C3C3C5C6C7CCC7C6C5C23)c2cc(C=O)ccc2-4)cc1. The van der Waals surface area contributed by atoms with Gasteiger partial charge in [0.15, 0.2) is 0 Å². The fraction of sp³-hybridized carbons (Fsp3) is 0.520. The monoisotopic (exact) mass is 1700 g/mol. The van der Waals surface area contributed by atoms with Gasteiger partial charge >= 0.3 is 0 Å². The number of aryl methyl sites for hydroxylation is 4. The summed E-state index contributed by atoms with van der Waals surface area (Å²) in [6, 6.07) is 73.2. The molecule has 14 saturated carbocycles. The highest BCUT2D eigenvalue weighted by atomic mass is 79.9. The highest BCUT2D eigenvalue weighted by Crippen LogP contribution is 2.93. The number of aldehydes is 1. The molecular weight excluding hydrogens is 1570 g/mol. The highest BCUT2D eigenvalue weighted by Gasteiger charge is 2.88. The minimum atomic E-state index is -0.687. The van der Waals surface area contributed by atoms with Crippen LogP contribution in [0.2, 0.25) is 0 Å². The van der Waals surface area contributed by atoms with Gasteiger partial charge < -0.3 is 0 Å². The molecule has 0 saturated heterocycles. The number of carbonyl (C=O) groups excluding carboxylic acids is 1. The Morgan fingerprint density at radius 3 is 0.872 bits per heavy atom. The van der Waals surface area contributed by atoms with E-state index in [1.807, 2.05) is 5.57 Å². The molecule has 0 N–H and O–H groups in total. The summed E-state index contributed by atoms with van der Waals surface area (Å²) in [4.78, 5) is 13.4. The first-order chi connectivity index (χ1) is 61.8. The molecule has 0 bridgehead atoms. The number of fused-ring (bicyclic) bond motifs is 44. The molecule has 1 nitrogen and oxygen atoms in total. The van der Waals surface area contributed by atoms with Crippen LogP contribution in [0.15, 0.2) is 185 Å². The molecule has 125 heavy (non-hydrogen) atoms. The summed E-state index contributed by atoms with van der Waals surface area (Å²) >= 11 is 4.19. The Labute approximate surface area is 756 Å². The van der Waals surface area contributed by atoms with Crippen LogP contribution in [-0.2, 0) is 36.5 Å². The maximum atomic E-state index is 13.4. The van der Waals surface area contributed by atoms with Gasteiger partial charge in [-0.2, -0.15) is 0 Å². The molecule has 27 rings (SSSR count). The molecule has 638 valence electrons. The van der Waals surface area contributed by atoms with Gasteiger partial charge in [-0.1, -0.05) is 298 Å². The maximum absolute atomic E-state index is 13.4. The predicted molar refractivity (Wildman–Crippen MR) is 517 cm³/mol. The van der Waals surface area contributed by atoms with Gasteiger partial charge in [0.2, 0.25) is 0 Å². The number of hydrogen-bond donors (Lipinski definition) is 0. The van der Waals surface area contributed by atoms with Crippen LogP contribution < -0.4 is 0 Å². The van der Waals surface area contributed by atoms with Crippen LogP contribution in [0.5, 0.6) is 0 Å². The predicted octanol–water partition coefficient (Wildman–Crippen LogP) is 31.5. The summed E-state index contributed by atoms with van der Waals surface area (Å²) in [5.74, 6) is 23.9. The number of rotatable bonds is 33. The number of benzene rings is 9. The van der Waals surface area contributed by atoms with Crippen molar-refractivity contribution in [1.29, 1.82) is 0 Å². The second-order valence-corrected chi connectivity index (χ2v) is 46.4. The van der Waals surface area contributed by atoms with E-state index in [9.17, 15) is 4.79 Å². The van der Waals surface area contributed by atoms with Gasteiger partial charge in [-0.25, -0.2) is 0 Å². The second kappa shape index (κ2) is 29.6. The molecule has 0 amide bonds. The largest absolute Gasteiger partial charge is 0.298 e. The molecule has 14 fully saturated rings. The van der Waals surface area contributed by atoms with Gasteiger partial charge in [0.25, 0.3) is 0 Å². The lowest BCUT2D eigenvalue weighted by Crippen LogP contribution is -2.87. The second-order valence-electron chi connectivity index (χ2n) is 45.4. The van der Waals surface area contributed by atoms with Crippen molar-refractivity contribution in [2.24, 2.45) is 142 Å². The van der Waals surface area contributed by atoms with E-state index in [1.165, 1.54) is 330 Å². The van der Waals surface area contributed by atoms with E-state index in [4.69, 9.17) is 0 Å². The third kappa shape index (κ3) is 10.5. The van der Waals surface area contributed by atoms with E-state index >= 15 is 0 Å². The summed E-state index contributed by atoms with van der Waals surface area (Å²) < 4.78 is 1.20. The molecule has 18 aliphatic rings. The van der Waals surface area contributed by atoms with E-state index in [1.54, 1.807) is 17.6 Å².